The third kappa shape index (κ3) is 7.34. The third-order valence-electron chi connectivity index (χ3n) is 4.61. The number of nitrogens with zero attached hydrogens (tertiary/aromatic N) is 2. The number of rotatable bonds is 12. The molecule has 0 aliphatic rings. The predicted molar refractivity (Wildman–Crippen MR) is 110 cm³/mol. The second-order valence-corrected chi connectivity index (χ2v) is 8.67. The molecule has 3 rings (SSSR count). The molecule has 0 atom stereocenters. The van der Waals surface area contributed by atoms with Gasteiger partial charge in [0.1, 0.15) is 17.8 Å². The van der Waals surface area contributed by atoms with Gasteiger partial charge in [0, 0.05) is 42.4 Å². The molecule has 2 aromatic heterocycles. The van der Waals surface area contributed by atoms with Gasteiger partial charge in [0.25, 0.3) is 0 Å². The first-order valence-electron chi connectivity index (χ1n) is 9.98. The van der Waals surface area contributed by atoms with E-state index in [2.05, 4.69) is 4.98 Å². The molecule has 1 N–H and O–H groups in total. The van der Waals surface area contributed by atoms with E-state index in [1.165, 1.54) is 0 Å². The van der Waals surface area contributed by atoms with Crippen molar-refractivity contribution in [1.29, 1.82) is 0 Å². The molecule has 10 heteroatoms. The van der Waals surface area contributed by atoms with E-state index in [0.29, 0.717) is 29.2 Å². The number of pyridine rings is 1. The van der Waals surface area contributed by atoms with E-state index >= 15 is 0 Å². The van der Waals surface area contributed by atoms with E-state index in [4.69, 9.17) is 14.3 Å². The molecule has 0 bridgehead atoms. The highest BCUT2D eigenvalue weighted by Gasteiger charge is 2.11. The van der Waals surface area contributed by atoms with E-state index in [-0.39, 0.29) is 19.4 Å². The number of unbranched alkanes of at least 4 members (excludes halogenated alkanes) is 2. The molecule has 3 aromatic rings. The minimum Gasteiger partial charge on any atom is -0.748 e. The van der Waals surface area contributed by atoms with Crippen molar-refractivity contribution < 1.29 is 36.6 Å². The van der Waals surface area contributed by atoms with Crippen LogP contribution in [0.4, 0.5) is 0 Å². The van der Waals surface area contributed by atoms with Crippen LogP contribution in [0.15, 0.2) is 47.1 Å². The average molecular weight is 448 g/mol. The van der Waals surface area contributed by atoms with Gasteiger partial charge in [0.05, 0.1) is 16.7 Å². The van der Waals surface area contributed by atoms with Crippen LogP contribution >= 0.6 is 0 Å². The monoisotopic (exact) mass is 448 g/mol. The summed E-state index contributed by atoms with van der Waals surface area (Å²) in [6.45, 7) is 0.921. The molecule has 9 nitrogen and oxygen atoms in total. The fourth-order valence-electron chi connectivity index (χ4n) is 3.04. The van der Waals surface area contributed by atoms with E-state index in [1.54, 1.807) is 18.2 Å². The smallest absolute Gasteiger partial charge is 0.303 e. The number of carboxylic acids is 1. The van der Waals surface area contributed by atoms with E-state index in [1.807, 2.05) is 29.1 Å². The van der Waals surface area contributed by atoms with Crippen LogP contribution in [0, 0.1) is 0 Å². The number of aryl methyl sites for hydroxylation is 1. The predicted octanol–water partition coefficient (Wildman–Crippen LogP) is 2.74. The maximum Gasteiger partial charge on any atom is 0.303 e. The topological polar surface area (TPSA) is 134 Å². The first kappa shape index (κ1) is 22.7. The molecule has 0 fully saturated rings. The standard InChI is InChI=1S/C21H24N2O7S/c24-20(25)5-2-1-3-10-23-11-8-16(9-12-23)21-22-18-7-6-17(15-19(18)30-21)29-13-4-14-31(26,27)28/h6-9,11-12,15H,1-5,10,13-14H2,(H-,24,25,26,27,28). The van der Waals surface area contributed by atoms with Crippen LogP contribution in [-0.4, -0.2) is 41.4 Å². The Kier molecular flexibility index (Phi) is 7.59. The minimum absolute atomic E-state index is 0.114. The lowest BCUT2D eigenvalue weighted by Crippen LogP contribution is -2.32. The fourth-order valence-corrected chi connectivity index (χ4v) is 3.51. The largest absolute Gasteiger partial charge is 0.748 e. The second-order valence-electron chi connectivity index (χ2n) is 7.14. The van der Waals surface area contributed by atoms with Gasteiger partial charge in [-0.05, 0) is 31.4 Å². The van der Waals surface area contributed by atoms with Crippen LogP contribution in [0.2, 0.25) is 0 Å². The van der Waals surface area contributed by atoms with Gasteiger partial charge >= 0.3 is 5.97 Å². The summed E-state index contributed by atoms with van der Waals surface area (Å²) < 4.78 is 45.2. The number of carboxylic acid groups (broad SMARTS) is 1. The number of fused-ring (bicyclic) bond motifs is 1. The van der Waals surface area contributed by atoms with Crippen molar-refractivity contribution in [2.75, 3.05) is 12.4 Å². The minimum atomic E-state index is -4.24. The summed E-state index contributed by atoms with van der Waals surface area (Å²) in [4.78, 5) is 15.0. The van der Waals surface area contributed by atoms with Gasteiger partial charge in [-0.3, -0.25) is 4.79 Å². The van der Waals surface area contributed by atoms with Crippen LogP contribution in [0.25, 0.3) is 22.6 Å². The molecule has 2 heterocycles. The molecule has 166 valence electrons. The first-order valence-corrected chi connectivity index (χ1v) is 11.6. The maximum absolute atomic E-state index is 10.6. The number of ether oxygens (including phenoxy) is 1. The highest BCUT2D eigenvalue weighted by molar-refractivity contribution is 7.85. The maximum atomic E-state index is 10.6. The quantitative estimate of drug-likeness (QED) is 0.254. The normalized spacial score (nSPS) is 11.6. The molecule has 0 aliphatic heterocycles. The van der Waals surface area contributed by atoms with E-state index in [0.717, 1.165) is 24.9 Å². The summed E-state index contributed by atoms with van der Waals surface area (Å²) in [6.07, 6.45) is 6.64. The summed E-state index contributed by atoms with van der Waals surface area (Å²) in [5.74, 6) is -0.243. The van der Waals surface area contributed by atoms with Crippen LogP contribution in [-0.2, 0) is 21.5 Å². The highest BCUT2D eigenvalue weighted by Crippen LogP contribution is 2.26. The molecular weight excluding hydrogens is 424 g/mol. The Morgan fingerprint density at radius 3 is 2.61 bits per heavy atom. The van der Waals surface area contributed by atoms with Crippen molar-refractivity contribution in [1.82, 2.24) is 4.98 Å². The molecule has 0 saturated heterocycles. The van der Waals surface area contributed by atoms with Gasteiger partial charge in [-0.15, -0.1) is 0 Å². The first-order chi connectivity index (χ1) is 14.8. The lowest BCUT2D eigenvalue weighted by molar-refractivity contribution is -0.697. The molecule has 0 spiro atoms. The molecule has 0 aliphatic carbocycles. The van der Waals surface area contributed by atoms with Gasteiger partial charge in [0.2, 0.25) is 5.89 Å². The van der Waals surface area contributed by atoms with Gasteiger partial charge in [-0.1, -0.05) is 0 Å². The van der Waals surface area contributed by atoms with Crippen molar-refractivity contribution in [3.8, 4) is 17.2 Å². The van der Waals surface area contributed by atoms with Gasteiger partial charge in [0.15, 0.2) is 18.0 Å². The lowest BCUT2D eigenvalue weighted by Gasteiger charge is -2.08. The second kappa shape index (κ2) is 10.4. The molecule has 1 aromatic carbocycles. The van der Waals surface area contributed by atoms with Crippen LogP contribution in [0.5, 0.6) is 5.75 Å². The fraction of sp³-hybridized carbons (Fsp3) is 0.381. The van der Waals surface area contributed by atoms with E-state index < -0.39 is 21.8 Å². The van der Waals surface area contributed by atoms with Crippen molar-refractivity contribution >= 4 is 27.2 Å². The number of oxazole rings is 1. The van der Waals surface area contributed by atoms with Crippen molar-refractivity contribution in [2.24, 2.45) is 0 Å². The Morgan fingerprint density at radius 1 is 1.13 bits per heavy atom. The number of benzene rings is 1. The Hall–Kier alpha value is -2.98. The number of carbonyl (C=O) groups is 1. The molecule has 0 unspecified atom stereocenters. The number of aliphatic carboxylic acids is 1. The summed E-state index contributed by atoms with van der Waals surface area (Å²) in [5.41, 5.74) is 2.03. The van der Waals surface area contributed by atoms with Gasteiger partial charge < -0.3 is 18.8 Å². The Labute approximate surface area is 180 Å². The molecule has 31 heavy (non-hydrogen) atoms. The lowest BCUT2D eigenvalue weighted by atomic mass is 10.2. The number of aromatic nitrogens is 2. The molecule has 0 radical (unpaired) electrons. The SMILES string of the molecule is O=C(O)CCCCC[n+]1ccc(-c2nc3ccc(OCCCS(=O)(=O)[O-])cc3o2)cc1. The van der Waals surface area contributed by atoms with Crippen molar-refractivity contribution in [3.05, 3.63) is 42.7 Å². The van der Waals surface area contributed by atoms with Crippen LogP contribution in [0.3, 0.4) is 0 Å². The zero-order valence-electron chi connectivity index (χ0n) is 16.9. The Morgan fingerprint density at radius 2 is 1.90 bits per heavy atom. The van der Waals surface area contributed by atoms with E-state index in [9.17, 15) is 17.8 Å². The highest BCUT2D eigenvalue weighted by atomic mass is 32.2. The van der Waals surface area contributed by atoms with Crippen molar-refractivity contribution in [3.63, 3.8) is 0 Å². The van der Waals surface area contributed by atoms with Crippen LogP contribution in [0.1, 0.15) is 32.1 Å². The number of hydrogen-bond donors (Lipinski definition) is 1. The number of hydrogen-bond acceptors (Lipinski definition) is 7. The zero-order chi connectivity index (χ0) is 22.3. The molecule has 0 amide bonds. The molecule has 0 saturated carbocycles. The zero-order valence-corrected chi connectivity index (χ0v) is 17.7. The summed E-state index contributed by atoms with van der Waals surface area (Å²) >= 11 is 0. The summed E-state index contributed by atoms with van der Waals surface area (Å²) in [5, 5.41) is 8.65. The van der Waals surface area contributed by atoms with Gasteiger partial charge in [-0.25, -0.2) is 18.0 Å². The van der Waals surface area contributed by atoms with Gasteiger partial charge in [-0.2, -0.15) is 0 Å². The third-order valence-corrected chi connectivity index (χ3v) is 5.40. The average Bonchev–Trinajstić information content (AvgIpc) is 3.14. The Balaban J connectivity index is 1.56. The molecular formula is C21H24N2O7S. The van der Waals surface area contributed by atoms with Crippen LogP contribution < -0.4 is 9.30 Å². The Bertz CT molecular complexity index is 1120. The summed E-state index contributed by atoms with van der Waals surface area (Å²) in [7, 11) is -4.24. The summed E-state index contributed by atoms with van der Waals surface area (Å²) in [6, 6.07) is 8.95. The van der Waals surface area contributed by atoms with Crippen molar-refractivity contribution in [2.45, 2.75) is 38.6 Å².